The average molecular weight is 390 g/mol. The fraction of sp³-hybridized carbons (Fsp3) is 0.200. The molecule has 0 bridgehead atoms. The van der Waals surface area contributed by atoms with Crippen LogP contribution in [-0.2, 0) is 0 Å². The van der Waals surface area contributed by atoms with Crippen molar-refractivity contribution in [3.63, 3.8) is 0 Å². The lowest BCUT2D eigenvalue weighted by atomic mass is 10.4. The Bertz CT molecular complexity index is 548. The van der Waals surface area contributed by atoms with Crippen LogP contribution in [0, 0.1) is 0 Å². The minimum absolute atomic E-state index is 0.357. The number of aliphatic hydroxyl groups is 1. The Balaban J connectivity index is 1.77. The first-order valence-electron chi connectivity index (χ1n) is 6.09. The SMILES string of the molecule is OC(CSc1ccc(Br)cc1)CSc1ccccc1Cl. The molecule has 2 rings (SSSR count). The van der Waals surface area contributed by atoms with Crippen molar-refractivity contribution in [3.05, 3.63) is 58.0 Å². The zero-order valence-electron chi connectivity index (χ0n) is 10.6. The van der Waals surface area contributed by atoms with Crippen molar-refractivity contribution in [2.75, 3.05) is 11.5 Å². The molecule has 2 aromatic rings. The fourth-order valence-electron chi connectivity index (χ4n) is 1.52. The van der Waals surface area contributed by atoms with Crippen LogP contribution in [0.5, 0.6) is 0 Å². The molecule has 106 valence electrons. The van der Waals surface area contributed by atoms with E-state index in [1.165, 1.54) is 0 Å². The van der Waals surface area contributed by atoms with Gasteiger partial charge < -0.3 is 5.11 Å². The molecule has 20 heavy (non-hydrogen) atoms. The molecule has 0 spiro atoms. The topological polar surface area (TPSA) is 20.2 Å². The first kappa shape index (κ1) is 16.2. The quantitative estimate of drug-likeness (QED) is 0.673. The number of thioether (sulfide) groups is 2. The van der Waals surface area contributed by atoms with Gasteiger partial charge in [-0.15, -0.1) is 23.5 Å². The molecule has 2 aromatic carbocycles. The van der Waals surface area contributed by atoms with E-state index in [0.29, 0.717) is 11.5 Å². The maximum Gasteiger partial charge on any atom is 0.0727 e. The Labute approximate surface area is 141 Å². The highest BCUT2D eigenvalue weighted by Crippen LogP contribution is 2.28. The van der Waals surface area contributed by atoms with Crippen molar-refractivity contribution in [1.29, 1.82) is 0 Å². The number of rotatable bonds is 6. The third-order valence-corrected chi connectivity index (χ3v) is 5.87. The average Bonchev–Trinajstić information content (AvgIpc) is 2.46. The van der Waals surface area contributed by atoms with Crippen molar-refractivity contribution in [1.82, 2.24) is 0 Å². The maximum atomic E-state index is 10.0. The van der Waals surface area contributed by atoms with E-state index < -0.39 is 0 Å². The standard InChI is InChI=1S/C15H14BrClOS2/c16-11-5-7-13(8-6-11)19-9-12(18)10-20-15-4-2-1-3-14(15)17/h1-8,12,18H,9-10H2. The van der Waals surface area contributed by atoms with E-state index in [1.807, 2.05) is 48.5 Å². The Kier molecular flexibility index (Phi) is 6.78. The Morgan fingerprint density at radius 2 is 1.65 bits per heavy atom. The molecule has 1 unspecified atom stereocenters. The Hall–Kier alpha value is -0.130. The van der Waals surface area contributed by atoms with Gasteiger partial charge in [0.15, 0.2) is 0 Å². The monoisotopic (exact) mass is 388 g/mol. The second-order valence-corrected chi connectivity index (χ2v) is 7.64. The van der Waals surface area contributed by atoms with Gasteiger partial charge in [0.2, 0.25) is 0 Å². The van der Waals surface area contributed by atoms with Gasteiger partial charge in [-0.2, -0.15) is 0 Å². The summed E-state index contributed by atoms with van der Waals surface area (Å²) in [7, 11) is 0. The van der Waals surface area contributed by atoms with Crippen molar-refractivity contribution in [2.45, 2.75) is 15.9 Å². The summed E-state index contributed by atoms with van der Waals surface area (Å²) >= 11 is 12.7. The lowest BCUT2D eigenvalue weighted by molar-refractivity contribution is 0.225. The van der Waals surface area contributed by atoms with Crippen LogP contribution in [0.3, 0.4) is 0 Å². The van der Waals surface area contributed by atoms with E-state index in [4.69, 9.17) is 11.6 Å². The summed E-state index contributed by atoms with van der Waals surface area (Å²) < 4.78 is 1.07. The van der Waals surface area contributed by atoms with Crippen LogP contribution < -0.4 is 0 Å². The lowest BCUT2D eigenvalue weighted by Gasteiger charge is -2.10. The molecule has 1 N–H and O–H groups in total. The van der Waals surface area contributed by atoms with Gasteiger partial charge in [0.1, 0.15) is 0 Å². The highest BCUT2D eigenvalue weighted by Gasteiger charge is 2.08. The van der Waals surface area contributed by atoms with Gasteiger partial charge in [-0.1, -0.05) is 39.7 Å². The van der Waals surface area contributed by atoms with Crippen molar-refractivity contribution < 1.29 is 5.11 Å². The van der Waals surface area contributed by atoms with Gasteiger partial charge in [0.05, 0.1) is 11.1 Å². The summed E-state index contributed by atoms with van der Waals surface area (Å²) in [5.74, 6) is 1.33. The third-order valence-electron chi connectivity index (χ3n) is 2.52. The van der Waals surface area contributed by atoms with E-state index in [2.05, 4.69) is 15.9 Å². The van der Waals surface area contributed by atoms with Crippen LogP contribution >= 0.6 is 51.1 Å². The van der Waals surface area contributed by atoms with Gasteiger partial charge >= 0.3 is 0 Å². The van der Waals surface area contributed by atoms with Crippen molar-refractivity contribution in [3.8, 4) is 0 Å². The first-order valence-corrected chi connectivity index (χ1v) is 9.23. The van der Waals surface area contributed by atoms with E-state index in [0.717, 1.165) is 19.3 Å². The van der Waals surface area contributed by atoms with Crippen LogP contribution in [0.25, 0.3) is 0 Å². The molecule has 5 heteroatoms. The number of aliphatic hydroxyl groups excluding tert-OH is 1. The van der Waals surface area contributed by atoms with Crippen molar-refractivity contribution in [2.24, 2.45) is 0 Å². The highest BCUT2D eigenvalue weighted by molar-refractivity contribution is 9.10. The highest BCUT2D eigenvalue weighted by atomic mass is 79.9. The third kappa shape index (κ3) is 5.34. The zero-order chi connectivity index (χ0) is 14.4. The summed E-state index contributed by atoms with van der Waals surface area (Å²) in [6.07, 6.45) is -0.357. The molecular formula is C15H14BrClOS2. The zero-order valence-corrected chi connectivity index (χ0v) is 14.6. The van der Waals surface area contributed by atoms with Crippen LogP contribution in [0.1, 0.15) is 0 Å². The van der Waals surface area contributed by atoms with E-state index in [-0.39, 0.29) is 6.10 Å². The normalized spacial score (nSPS) is 12.3. The molecule has 0 aliphatic heterocycles. The van der Waals surface area contributed by atoms with Gasteiger partial charge in [-0.05, 0) is 36.4 Å². The Morgan fingerprint density at radius 1 is 1.00 bits per heavy atom. The molecule has 0 radical (unpaired) electrons. The predicted octanol–water partition coefficient (Wildman–Crippen LogP) is 5.35. The van der Waals surface area contributed by atoms with Crippen LogP contribution in [-0.4, -0.2) is 22.7 Å². The maximum absolute atomic E-state index is 10.0. The fourth-order valence-corrected chi connectivity index (χ4v) is 3.93. The minimum atomic E-state index is -0.357. The Morgan fingerprint density at radius 3 is 2.35 bits per heavy atom. The van der Waals surface area contributed by atoms with Gasteiger partial charge in [0.25, 0.3) is 0 Å². The molecule has 0 aliphatic rings. The molecule has 0 heterocycles. The van der Waals surface area contributed by atoms with Gasteiger partial charge in [0, 0.05) is 25.8 Å². The lowest BCUT2D eigenvalue weighted by Crippen LogP contribution is -2.12. The first-order chi connectivity index (χ1) is 9.65. The molecule has 0 aliphatic carbocycles. The summed E-state index contributed by atoms with van der Waals surface area (Å²) in [6, 6.07) is 15.8. The molecule has 0 saturated heterocycles. The minimum Gasteiger partial charge on any atom is -0.391 e. The molecular weight excluding hydrogens is 376 g/mol. The van der Waals surface area contributed by atoms with E-state index >= 15 is 0 Å². The molecule has 0 saturated carbocycles. The number of hydrogen-bond acceptors (Lipinski definition) is 3. The van der Waals surface area contributed by atoms with Crippen LogP contribution in [0.2, 0.25) is 5.02 Å². The predicted molar refractivity (Wildman–Crippen MR) is 93.0 cm³/mol. The molecule has 0 fully saturated rings. The largest absolute Gasteiger partial charge is 0.391 e. The second-order valence-electron chi connectivity index (χ2n) is 4.16. The summed E-state index contributed by atoms with van der Waals surface area (Å²) in [4.78, 5) is 2.18. The molecule has 0 aromatic heterocycles. The van der Waals surface area contributed by atoms with E-state index in [1.54, 1.807) is 23.5 Å². The second kappa shape index (κ2) is 8.35. The molecule has 0 amide bonds. The van der Waals surface area contributed by atoms with Gasteiger partial charge in [-0.25, -0.2) is 0 Å². The number of halogens is 2. The number of hydrogen-bond donors (Lipinski definition) is 1. The molecule has 1 atom stereocenters. The van der Waals surface area contributed by atoms with E-state index in [9.17, 15) is 5.11 Å². The van der Waals surface area contributed by atoms with Gasteiger partial charge in [-0.3, -0.25) is 0 Å². The summed E-state index contributed by atoms with van der Waals surface area (Å²) in [6.45, 7) is 0. The molecule has 1 nitrogen and oxygen atoms in total. The van der Waals surface area contributed by atoms with Crippen molar-refractivity contribution >= 4 is 51.1 Å². The smallest absolute Gasteiger partial charge is 0.0727 e. The summed E-state index contributed by atoms with van der Waals surface area (Å²) in [5.41, 5.74) is 0. The van der Waals surface area contributed by atoms with Crippen LogP contribution in [0.15, 0.2) is 62.8 Å². The summed E-state index contributed by atoms with van der Waals surface area (Å²) in [5, 5.41) is 10.8. The van der Waals surface area contributed by atoms with Crippen LogP contribution in [0.4, 0.5) is 0 Å². The number of benzene rings is 2.